The van der Waals surface area contributed by atoms with Crippen LogP contribution in [0.15, 0.2) is 36.4 Å². The van der Waals surface area contributed by atoms with Gasteiger partial charge >= 0.3 is 5.97 Å². The van der Waals surface area contributed by atoms with Gasteiger partial charge in [0.25, 0.3) is 5.91 Å². The Bertz CT molecular complexity index is 942. The number of hydrogen-bond donors (Lipinski definition) is 3. The van der Waals surface area contributed by atoms with E-state index in [1.807, 2.05) is 36.4 Å². The summed E-state index contributed by atoms with van der Waals surface area (Å²) >= 11 is 0. The Balaban J connectivity index is 1.80. The van der Waals surface area contributed by atoms with Crippen molar-refractivity contribution in [3.05, 3.63) is 47.5 Å². The monoisotopic (exact) mass is 442 g/mol. The van der Waals surface area contributed by atoms with E-state index in [-0.39, 0.29) is 6.42 Å². The predicted octanol–water partition coefficient (Wildman–Crippen LogP) is 2.51. The molecule has 1 aliphatic rings. The zero-order valence-corrected chi connectivity index (χ0v) is 18.6. The smallest absolute Gasteiger partial charge is 0.326 e. The van der Waals surface area contributed by atoms with Crippen LogP contribution in [0.25, 0.3) is 11.1 Å². The Morgan fingerprint density at radius 2 is 1.78 bits per heavy atom. The Morgan fingerprint density at radius 3 is 2.25 bits per heavy atom. The molecule has 172 valence electrons. The fourth-order valence-corrected chi connectivity index (χ4v) is 3.88. The minimum absolute atomic E-state index is 0.151. The number of carbonyl (C=O) groups excluding carboxylic acids is 1. The van der Waals surface area contributed by atoms with Crippen molar-refractivity contribution in [1.82, 2.24) is 5.32 Å². The van der Waals surface area contributed by atoms with Gasteiger partial charge in [0.1, 0.15) is 23.1 Å². The molecule has 0 bridgehead atoms. The fourth-order valence-electron chi connectivity index (χ4n) is 3.88. The summed E-state index contributed by atoms with van der Waals surface area (Å²) in [5.74, 6) is -0.214. The van der Waals surface area contributed by atoms with Crippen LogP contribution in [-0.4, -0.2) is 49.5 Å². The second-order valence-electron chi connectivity index (χ2n) is 8.03. The maximum absolute atomic E-state index is 12.6. The summed E-state index contributed by atoms with van der Waals surface area (Å²) in [5.41, 5.74) is 8.09. The van der Waals surface area contributed by atoms with Crippen molar-refractivity contribution in [3.63, 3.8) is 0 Å². The molecule has 0 aromatic heterocycles. The van der Waals surface area contributed by atoms with E-state index in [2.05, 4.69) is 5.32 Å². The number of amides is 1. The number of benzene rings is 2. The first-order valence-electron chi connectivity index (χ1n) is 10.5. The molecule has 1 unspecified atom stereocenters. The van der Waals surface area contributed by atoms with Crippen LogP contribution in [0.1, 0.15) is 30.9 Å². The van der Waals surface area contributed by atoms with Gasteiger partial charge in [-0.15, -0.1) is 0 Å². The van der Waals surface area contributed by atoms with E-state index in [0.717, 1.165) is 28.7 Å². The quantitative estimate of drug-likeness (QED) is 0.546. The number of ether oxygens (including phenoxy) is 3. The van der Waals surface area contributed by atoms with Crippen molar-refractivity contribution in [1.29, 1.82) is 0 Å². The SMILES string of the molecule is COc1cc(CN)cc(OC)c1-c1ccc(C[C@H](NC(=O)C2(C)CCCO2)C(=O)O)cc1. The van der Waals surface area contributed by atoms with Crippen molar-refractivity contribution < 1.29 is 28.9 Å². The molecular weight excluding hydrogens is 412 g/mol. The Hall–Kier alpha value is -3.10. The van der Waals surface area contributed by atoms with Gasteiger partial charge in [0.05, 0.1) is 19.8 Å². The van der Waals surface area contributed by atoms with Gasteiger partial charge in [-0.3, -0.25) is 4.79 Å². The molecule has 2 aromatic carbocycles. The van der Waals surface area contributed by atoms with Crippen molar-refractivity contribution in [2.45, 2.75) is 44.4 Å². The standard InChI is InChI=1S/C24H30N2O6/c1-24(9-4-10-32-24)23(29)26-18(22(27)28)11-15-5-7-17(8-6-15)21-19(30-2)12-16(14-25)13-20(21)31-3/h5-8,12-13,18H,4,9-11,14,25H2,1-3H3,(H,26,29)(H,27,28)/t18-,24?/m0/s1. The van der Waals surface area contributed by atoms with Crippen LogP contribution < -0.4 is 20.5 Å². The fraction of sp³-hybridized carbons (Fsp3) is 0.417. The largest absolute Gasteiger partial charge is 0.496 e. The molecule has 1 aliphatic heterocycles. The van der Waals surface area contributed by atoms with Crippen LogP contribution in [0.4, 0.5) is 0 Å². The molecule has 2 aromatic rings. The van der Waals surface area contributed by atoms with Gasteiger partial charge in [-0.1, -0.05) is 24.3 Å². The van der Waals surface area contributed by atoms with Crippen molar-refractivity contribution in [3.8, 4) is 22.6 Å². The molecule has 1 amide bonds. The zero-order valence-electron chi connectivity index (χ0n) is 18.6. The molecule has 0 aliphatic carbocycles. The molecule has 8 heteroatoms. The molecule has 8 nitrogen and oxygen atoms in total. The zero-order chi connectivity index (χ0) is 23.3. The predicted molar refractivity (Wildman–Crippen MR) is 120 cm³/mol. The topological polar surface area (TPSA) is 120 Å². The third kappa shape index (κ3) is 5.03. The molecule has 3 rings (SSSR count). The maximum Gasteiger partial charge on any atom is 0.326 e. The average molecular weight is 443 g/mol. The molecule has 2 atom stereocenters. The number of aliphatic carboxylic acids is 1. The molecule has 0 saturated carbocycles. The van der Waals surface area contributed by atoms with Gasteiger partial charge in [-0.05, 0) is 48.6 Å². The van der Waals surface area contributed by atoms with E-state index in [1.165, 1.54) is 0 Å². The number of nitrogens with one attached hydrogen (secondary N) is 1. The van der Waals surface area contributed by atoms with E-state index < -0.39 is 23.5 Å². The van der Waals surface area contributed by atoms with Crippen LogP contribution in [0.2, 0.25) is 0 Å². The lowest BCUT2D eigenvalue weighted by molar-refractivity contribution is -0.147. The summed E-state index contributed by atoms with van der Waals surface area (Å²) in [6.07, 6.45) is 1.51. The summed E-state index contributed by atoms with van der Waals surface area (Å²) < 4.78 is 16.6. The van der Waals surface area contributed by atoms with Crippen LogP contribution in [0.3, 0.4) is 0 Å². The molecule has 0 radical (unpaired) electrons. The highest BCUT2D eigenvalue weighted by Crippen LogP contribution is 2.39. The number of methoxy groups -OCH3 is 2. The number of carboxylic acids is 1. The first kappa shape index (κ1) is 23.6. The van der Waals surface area contributed by atoms with Crippen molar-refractivity contribution in [2.75, 3.05) is 20.8 Å². The lowest BCUT2D eigenvalue weighted by atomic mass is 9.97. The van der Waals surface area contributed by atoms with Crippen LogP contribution in [0, 0.1) is 0 Å². The van der Waals surface area contributed by atoms with Gasteiger partial charge in [0.15, 0.2) is 0 Å². The van der Waals surface area contributed by atoms with Gasteiger partial charge in [0.2, 0.25) is 0 Å². The first-order valence-corrected chi connectivity index (χ1v) is 10.5. The first-order chi connectivity index (χ1) is 15.3. The van der Waals surface area contributed by atoms with E-state index in [0.29, 0.717) is 31.1 Å². The highest BCUT2D eigenvalue weighted by molar-refractivity contribution is 5.89. The lowest BCUT2D eigenvalue weighted by Crippen LogP contribution is -2.51. The van der Waals surface area contributed by atoms with Gasteiger partial charge in [-0.2, -0.15) is 0 Å². The third-order valence-electron chi connectivity index (χ3n) is 5.79. The third-order valence-corrected chi connectivity index (χ3v) is 5.79. The molecule has 4 N–H and O–H groups in total. The molecule has 1 heterocycles. The number of rotatable bonds is 9. The van der Waals surface area contributed by atoms with Crippen LogP contribution in [0.5, 0.6) is 11.5 Å². The second-order valence-corrected chi connectivity index (χ2v) is 8.03. The number of carbonyl (C=O) groups is 2. The van der Waals surface area contributed by atoms with E-state index in [1.54, 1.807) is 21.1 Å². The summed E-state index contributed by atoms with van der Waals surface area (Å²) in [4.78, 5) is 24.3. The summed E-state index contributed by atoms with van der Waals surface area (Å²) in [6.45, 7) is 2.56. The van der Waals surface area contributed by atoms with E-state index >= 15 is 0 Å². The second kappa shape index (κ2) is 10.0. The minimum Gasteiger partial charge on any atom is -0.496 e. The Labute approximate surface area is 187 Å². The maximum atomic E-state index is 12.6. The van der Waals surface area contributed by atoms with Gasteiger partial charge < -0.3 is 30.4 Å². The molecular formula is C24H30N2O6. The summed E-state index contributed by atoms with van der Waals surface area (Å²) in [7, 11) is 3.17. The molecule has 1 fully saturated rings. The minimum atomic E-state index is -1.09. The Morgan fingerprint density at radius 1 is 1.16 bits per heavy atom. The number of carboxylic acid groups (broad SMARTS) is 1. The highest BCUT2D eigenvalue weighted by atomic mass is 16.5. The van der Waals surface area contributed by atoms with E-state index in [9.17, 15) is 14.7 Å². The van der Waals surface area contributed by atoms with E-state index in [4.69, 9.17) is 19.9 Å². The van der Waals surface area contributed by atoms with Crippen molar-refractivity contribution >= 4 is 11.9 Å². The summed E-state index contributed by atoms with van der Waals surface area (Å²) in [6, 6.07) is 10.1. The van der Waals surface area contributed by atoms with Crippen molar-refractivity contribution in [2.24, 2.45) is 5.73 Å². The van der Waals surface area contributed by atoms with Gasteiger partial charge in [0, 0.05) is 19.6 Å². The average Bonchev–Trinajstić information content (AvgIpc) is 3.25. The highest BCUT2D eigenvalue weighted by Gasteiger charge is 2.39. The lowest BCUT2D eigenvalue weighted by Gasteiger charge is -2.24. The Kier molecular flexibility index (Phi) is 7.37. The molecule has 1 saturated heterocycles. The summed E-state index contributed by atoms with van der Waals surface area (Å²) in [5, 5.41) is 12.3. The van der Waals surface area contributed by atoms with Gasteiger partial charge in [-0.25, -0.2) is 4.79 Å². The molecule has 32 heavy (non-hydrogen) atoms. The normalized spacial score (nSPS) is 18.8. The number of hydrogen-bond acceptors (Lipinski definition) is 6. The van der Waals surface area contributed by atoms with Crippen LogP contribution >= 0.6 is 0 Å². The van der Waals surface area contributed by atoms with Crippen LogP contribution in [-0.2, 0) is 27.3 Å². The molecule has 0 spiro atoms. The number of nitrogens with two attached hydrogens (primary N) is 1.